The van der Waals surface area contributed by atoms with Gasteiger partial charge in [-0.2, -0.15) is 8.78 Å². The summed E-state index contributed by atoms with van der Waals surface area (Å²) in [5.41, 5.74) is 7.24. The number of hydrogen-bond acceptors (Lipinski definition) is 5. The van der Waals surface area contributed by atoms with Crippen LogP contribution in [0.4, 0.5) is 8.78 Å². The van der Waals surface area contributed by atoms with Crippen LogP contribution in [0.3, 0.4) is 0 Å². The summed E-state index contributed by atoms with van der Waals surface area (Å²) in [6.07, 6.45) is 1.06. The summed E-state index contributed by atoms with van der Waals surface area (Å²) in [6.45, 7) is 1.07. The van der Waals surface area contributed by atoms with E-state index in [-0.39, 0.29) is 23.8 Å². The minimum absolute atomic E-state index is 0.0000995. The van der Waals surface area contributed by atoms with Crippen molar-refractivity contribution in [2.45, 2.75) is 32.8 Å². The molecule has 1 atom stereocenters. The third-order valence-corrected chi connectivity index (χ3v) is 3.18. The normalized spacial score (nSPS) is 17.7. The third-order valence-electron chi connectivity index (χ3n) is 3.18. The first-order valence-electron chi connectivity index (χ1n) is 6.95. The van der Waals surface area contributed by atoms with Crippen LogP contribution in [-0.4, -0.2) is 31.2 Å². The van der Waals surface area contributed by atoms with Crippen LogP contribution < -0.4 is 15.2 Å². The third kappa shape index (κ3) is 3.59. The summed E-state index contributed by atoms with van der Waals surface area (Å²) in [5, 5.41) is 0. The van der Waals surface area contributed by atoms with Gasteiger partial charge < -0.3 is 24.8 Å². The first-order chi connectivity index (χ1) is 10.4. The first kappa shape index (κ1) is 16.4. The van der Waals surface area contributed by atoms with E-state index in [9.17, 15) is 8.78 Å². The molecule has 0 bridgehead atoms. The molecule has 5 nitrogen and oxygen atoms in total. The number of benzene rings is 1. The Morgan fingerprint density at radius 1 is 1.27 bits per heavy atom. The van der Waals surface area contributed by atoms with Gasteiger partial charge in [-0.3, -0.25) is 0 Å². The number of nitrogens with two attached hydrogens (primary N) is 1. The summed E-state index contributed by atoms with van der Waals surface area (Å²) in [7, 11) is 1.85. The summed E-state index contributed by atoms with van der Waals surface area (Å²) in [6, 6.07) is 4.77. The molecule has 1 aromatic carbocycles. The van der Waals surface area contributed by atoms with Gasteiger partial charge in [0.05, 0.1) is 11.8 Å². The number of hydrogen-bond donors (Lipinski definition) is 1. The van der Waals surface area contributed by atoms with Crippen molar-refractivity contribution in [2.24, 2.45) is 5.73 Å². The Balaban J connectivity index is 2.27. The highest BCUT2D eigenvalue weighted by atomic mass is 19.3. The van der Waals surface area contributed by atoms with Gasteiger partial charge in [0, 0.05) is 19.2 Å². The molecule has 7 heteroatoms. The first-order valence-corrected chi connectivity index (χ1v) is 6.95. The fourth-order valence-electron chi connectivity index (χ4n) is 2.18. The van der Waals surface area contributed by atoms with Crippen LogP contribution >= 0.6 is 0 Å². The number of rotatable bonds is 6. The summed E-state index contributed by atoms with van der Waals surface area (Å²) >= 11 is 0. The topological polar surface area (TPSA) is 57.0 Å². The van der Waals surface area contributed by atoms with E-state index in [1.807, 2.05) is 25.8 Å². The lowest BCUT2D eigenvalue weighted by molar-refractivity contribution is -0.0519. The highest BCUT2D eigenvalue weighted by Crippen LogP contribution is 2.36. The summed E-state index contributed by atoms with van der Waals surface area (Å²) in [4.78, 5) is 1.88. The fourth-order valence-corrected chi connectivity index (χ4v) is 2.18. The van der Waals surface area contributed by atoms with Gasteiger partial charge in [0.1, 0.15) is 6.26 Å². The monoisotopic (exact) mass is 314 g/mol. The second-order valence-electron chi connectivity index (χ2n) is 5.16. The molecule has 2 rings (SSSR count). The van der Waals surface area contributed by atoms with E-state index in [1.165, 1.54) is 6.07 Å². The summed E-state index contributed by atoms with van der Waals surface area (Å²) in [5.74, 6) is 0.256. The van der Waals surface area contributed by atoms with Crippen molar-refractivity contribution in [1.82, 2.24) is 4.90 Å². The molecule has 0 aromatic heterocycles. The maximum Gasteiger partial charge on any atom is 0.387 e. The molecule has 1 aliphatic heterocycles. The molecule has 0 fully saturated rings. The van der Waals surface area contributed by atoms with Crippen LogP contribution in [0.2, 0.25) is 0 Å². The van der Waals surface area contributed by atoms with Crippen molar-refractivity contribution in [3.63, 3.8) is 0 Å². The van der Waals surface area contributed by atoms with E-state index < -0.39 is 6.61 Å². The van der Waals surface area contributed by atoms with Crippen molar-refractivity contribution in [3.8, 4) is 11.5 Å². The van der Waals surface area contributed by atoms with Crippen LogP contribution in [-0.2, 0) is 4.74 Å². The van der Waals surface area contributed by atoms with Gasteiger partial charge in [0.15, 0.2) is 17.7 Å². The molecule has 122 valence electrons. The number of halogens is 2. The summed E-state index contributed by atoms with van der Waals surface area (Å²) < 4.78 is 40.6. The minimum Gasteiger partial charge on any atom is -0.487 e. The van der Waals surface area contributed by atoms with Gasteiger partial charge in [0.25, 0.3) is 0 Å². The molecule has 2 N–H and O–H groups in total. The van der Waals surface area contributed by atoms with E-state index in [0.29, 0.717) is 6.54 Å². The Labute approximate surface area is 128 Å². The molecule has 22 heavy (non-hydrogen) atoms. The van der Waals surface area contributed by atoms with Gasteiger partial charge in [-0.15, -0.1) is 0 Å². The van der Waals surface area contributed by atoms with Gasteiger partial charge in [-0.25, -0.2) is 0 Å². The predicted molar refractivity (Wildman–Crippen MR) is 77.6 cm³/mol. The Morgan fingerprint density at radius 2 is 2.00 bits per heavy atom. The quantitative estimate of drug-likeness (QED) is 0.875. The van der Waals surface area contributed by atoms with Crippen LogP contribution in [0.1, 0.15) is 25.6 Å². The number of ether oxygens (including phenoxy) is 3. The predicted octanol–water partition coefficient (Wildman–Crippen LogP) is 2.84. The molecule has 1 heterocycles. The Kier molecular flexibility index (Phi) is 5.07. The average molecular weight is 314 g/mol. The second kappa shape index (κ2) is 6.83. The molecular formula is C15H20F2N2O3. The minimum atomic E-state index is -2.91. The highest BCUT2D eigenvalue weighted by molar-refractivity contribution is 5.44. The van der Waals surface area contributed by atoms with E-state index in [2.05, 4.69) is 4.74 Å². The van der Waals surface area contributed by atoms with Crippen molar-refractivity contribution in [1.29, 1.82) is 0 Å². The standard InChI is InChI=1S/C15H20F2N2O3/c1-9(2)21-13-6-10(4-5-12(13)22-15(16)17)14-19(3)11(7-18)8-20-14/h4-6,8-9,14-15H,7,18H2,1-3H3. The van der Waals surface area contributed by atoms with Crippen molar-refractivity contribution < 1.29 is 23.0 Å². The van der Waals surface area contributed by atoms with Gasteiger partial charge in [-0.1, -0.05) is 0 Å². The molecule has 0 radical (unpaired) electrons. The van der Waals surface area contributed by atoms with E-state index in [4.69, 9.17) is 15.2 Å². The Bertz CT molecular complexity index is 550. The molecule has 0 saturated carbocycles. The Hall–Kier alpha value is -2.02. The maximum atomic E-state index is 12.5. The second-order valence-corrected chi connectivity index (χ2v) is 5.16. The van der Waals surface area contributed by atoms with E-state index in [0.717, 1.165) is 11.3 Å². The molecule has 0 spiro atoms. The largest absolute Gasteiger partial charge is 0.487 e. The van der Waals surface area contributed by atoms with Gasteiger partial charge >= 0.3 is 6.61 Å². The number of likely N-dealkylation sites (N-methyl/N-ethyl adjacent to an activating group) is 1. The molecular weight excluding hydrogens is 294 g/mol. The van der Waals surface area contributed by atoms with Crippen molar-refractivity contribution in [2.75, 3.05) is 13.6 Å². The lowest BCUT2D eigenvalue weighted by Crippen LogP contribution is -2.23. The van der Waals surface area contributed by atoms with Crippen LogP contribution in [0.25, 0.3) is 0 Å². The van der Waals surface area contributed by atoms with Crippen molar-refractivity contribution in [3.05, 3.63) is 35.7 Å². The van der Waals surface area contributed by atoms with Crippen LogP contribution in [0.15, 0.2) is 30.2 Å². The zero-order valence-electron chi connectivity index (χ0n) is 12.8. The maximum absolute atomic E-state index is 12.5. The number of nitrogens with zero attached hydrogens (tertiary/aromatic N) is 1. The molecule has 0 aliphatic carbocycles. The number of alkyl halides is 2. The lowest BCUT2D eigenvalue weighted by Gasteiger charge is -2.24. The zero-order valence-corrected chi connectivity index (χ0v) is 12.8. The lowest BCUT2D eigenvalue weighted by atomic mass is 10.1. The smallest absolute Gasteiger partial charge is 0.387 e. The molecule has 1 aliphatic rings. The van der Waals surface area contributed by atoms with Gasteiger partial charge in [0.2, 0.25) is 0 Å². The molecule has 0 amide bonds. The van der Waals surface area contributed by atoms with Crippen molar-refractivity contribution >= 4 is 0 Å². The van der Waals surface area contributed by atoms with Crippen LogP contribution in [0, 0.1) is 0 Å². The molecule has 0 saturated heterocycles. The SMILES string of the molecule is CC(C)Oc1cc(C2OC=C(CN)N2C)ccc1OC(F)F. The fraction of sp³-hybridized carbons (Fsp3) is 0.467. The van der Waals surface area contributed by atoms with E-state index >= 15 is 0 Å². The van der Waals surface area contributed by atoms with Crippen LogP contribution in [0.5, 0.6) is 11.5 Å². The molecule has 1 aromatic rings. The average Bonchev–Trinajstić information content (AvgIpc) is 2.80. The Morgan fingerprint density at radius 3 is 2.55 bits per heavy atom. The highest BCUT2D eigenvalue weighted by Gasteiger charge is 2.26. The zero-order chi connectivity index (χ0) is 16.3. The molecule has 1 unspecified atom stereocenters. The van der Waals surface area contributed by atoms with Gasteiger partial charge in [-0.05, 0) is 32.0 Å². The van der Waals surface area contributed by atoms with E-state index in [1.54, 1.807) is 18.4 Å².